The predicted molar refractivity (Wildman–Crippen MR) is 71.1 cm³/mol. The van der Waals surface area contributed by atoms with Crippen molar-refractivity contribution in [3.8, 4) is 0 Å². The summed E-state index contributed by atoms with van der Waals surface area (Å²) in [7, 11) is 0. The van der Waals surface area contributed by atoms with E-state index in [4.69, 9.17) is 0 Å². The van der Waals surface area contributed by atoms with Gasteiger partial charge in [0.05, 0.1) is 0 Å². The Kier molecular flexibility index (Phi) is 3.10. The molecule has 1 aromatic heterocycles. The Morgan fingerprint density at radius 3 is 2.71 bits per heavy atom. The molecule has 1 saturated heterocycles. The quantitative estimate of drug-likeness (QED) is 0.841. The van der Waals surface area contributed by atoms with Gasteiger partial charge in [-0.2, -0.15) is 0 Å². The van der Waals surface area contributed by atoms with E-state index in [0.29, 0.717) is 0 Å². The van der Waals surface area contributed by atoms with E-state index in [1.165, 1.54) is 37.1 Å². The lowest BCUT2D eigenvalue weighted by Crippen LogP contribution is -2.20. The molecule has 0 radical (unpaired) electrons. The minimum absolute atomic E-state index is 0.989. The van der Waals surface area contributed by atoms with Gasteiger partial charge in [0.15, 0.2) is 0 Å². The minimum Gasteiger partial charge on any atom is -0.357 e. The summed E-state index contributed by atoms with van der Waals surface area (Å²) in [6.45, 7) is 4.40. The van der Waals surface area contributed by atoms with E-state index in [0.717, 1.165) is 25.3 Å². The van der Waals surface area contributed by atoms with E-state index in [1.54, 1.807) is 0 Å². The summed E-state index contributed by atoms with van der Waals surface area (Å²) in [5.41, 5.74) is 2.72. The van der Waals surface area contributed by atoms with Crippen LogP contribution in [0.4, 0.5) is 5.82 Å². The van der Waals surface area contributed by atoms with Gasteiger partial charge in [0.1, 0.15) is 5.82 Å². The lowest BCUT2D eigenvalue weighted by molar-refractivity contribution is 0.738. The number of pyridine rings is 1. The summed E-state index contributed by atoms with van der Waals surface area (Å²) < 4.78 is 0. The molecule has 3 rings (SSSR count). The Morgan fingerprint density at radius 2 is 2.06 bits per heavy atom. The van der Waals surface area contributed by atoms with Crippen molar-refractivity contribution in [3.05, 3.63) is 30.0 Å². The van der Waals surface area contributed by atoms with Crippen molar-refractivity contribution in [2.75, 3.05) is 31.1 Å². The fourth-order valence-corrected chi connectivity index (χ4v) is 2.59. The first-order chi connectivity index (χ1) is 8.43. The lowest BCUT2D eigenvalue weighted by atomic mass is 10.0. The van der Waals surface area contributed by atoms with Gasteiger partial charge in [-0.3, -0.25) is 0 Å². The molecular formula is C14H19N3. The molecule has 17 heavy (non-hydrogen) atoms. The Morgan fingerprint density at radius 1 is 1.18 bits per heavy atom. The maximum Gasteiger partial charge on any atom is 0.128 e. The van der Waals surface area contributed by atoms with Crippen molar-refractivity contribution in [2.45, 2.75) is 19.3 Å². The van der Waals surface area contributed by atoms with Crippen LogP contribution in [-0.4, -0.2) is 31.2 Å². The van der Waals surface area contributed by atoms with Crippen LogP contribution in [-0.2, 0) is 0 Å². The van der Waals surface area contributed by atoms with Crippen LogP contribution in [0.25, 0.3) is 5.57 Å². The maximum atomic E-state index is 4.60. The molecule has 2 aliphatic rings. The Hall–Kier alpha value is -1.35. The average molecular weight is 229 g/mol. The van der Waals surface area contributed by atoms with Crippen molar-refractivity contribution >= 4 is 11.4 Å². The van der Waals surface area contributed by atoms with E-state index in [2.05, 4.69) is 33.4 Å². The monoisotopic (exact) mass is 229 g/mol. The summed E-state index contributed by atoms with van der Waals surface area (Å²) in [4.78, 5) is 6.98. The number of anilines is 1. The third-order valence-electron chi connectivity index (χ3n) is 3.61. The van der Waals surface area contributed by atoms with Gasteiger partial charge in [-0.05, 0) is 49.1 Å². The first kappa shape index (κ1) is 10.8. The van der Waals surface area contributed by atoms with Crippen LogP contribution >= 0.6 is 0 Å². The van der Waals surface area contributed by atoms with Gasteiger partial charge in [0.2, 0.25) is 0 Å². The van der Waals surface area contributed by atoms with Gasteiger partial charge < -0.3 is 10.2 Å². The van der Waals surface area contributed by atoms with Crippen LogP contribution in [0, 0.1) is 0 Å². The van der Waals surface area contributed by atoms with E-state index < -0.39 is 0 Å². The largest absolute Gasteiger partial charge is 0.357 e. The van der Waals surface area contributed by atoms with Crippen LogP contribution in [0.1, 0.15) is 24.8 Å². The van der Waals surface area contributed by atoms with Crippen LogP contribution < -0.4 is 10.2 Å². The summed E-state index contributed by atoms with van der Waals surface area (Å²) in [6.07, 6.45) is 8.03. The molecule has 1 aromatic rings. The highest BCUT2D eigenvalue weighted by molar-refractivity contribution is 5.66. The summed E-state index contributed by atoms with van der Waals surface area (Å²) in [5, 5.41) is 3.34. The van der Waals surface area contributed by atoms with Gasteiger partial charge in [-0.15, -0.1) is 0 Å². The second-order valence-electron chi connectivity index (χ2n) is 4.78. The number of nitrogens with zero attached hydrogens (tertiary/aromatic N) is 2. The van der Waals surface area contributed by atoms with E-state index in [9.17, 15) is 0 Å². The topological polar surface area (TPSA) is 28.2 Å². The molecule has 1 fully saturated rings. The van der Waals surface area contributed by atoms with Gasteiger partial charge in [0.25, 0.3) is 0 Å². The van der Waals surface area contributed by atoms with Crippen molar-refractivity contribution in [2.24, 2.45) is 0 Å². The molecule has 90 valence electrons. The number of hydrogen-bond donors (Lipinski definition) is 1. The first-order valence-corrected chi connectivity index (χ1v) is 6.54. The predicted octanol–water partition coefficient (Wildman–Crippen LogP) is 2.06. The van der Waals surface area contributed by atoms with E-state index >= 15 is 0 Å². The SMILES string of the molecule is C1=C(c2ccc(N3CCCC3)nc2)CCNC1. The van der Waals surface area contributed by atoms with Gasteiger partial charge in [-0.25, -0.2) is 4.98 Å². The normalized spacial score (nSPS) is 20.5. The molecule has 3 heterocycles. The fraction of sp³-hybridized carbons (Fsp3) is 0.500. The van der Waals surface area contributed by atoms with E-state index in [-0.39, 0.29) is 0 Å². The van der Waals surface area contributed by atoms with Crippen LogP contribution in [0.15, 0.2) is 24.4 Å². The van der Waals surface area contributed by atoms with Crippen molar-refractivity contribution in [1.82, 2.24) is 10.3 Å². The molecule has 0 unspecified atom stereocenters. The highest BCUT2D eigenvalue weighted by Crippen LogP contribution is 2.22. The number of hydrogen-bond acceptors (Lipinski definition) is 3. The summed E-state index contributed by atoms with van der Waals surface area (Å²) >= 11 is 0. The molecule has 0 aliphatic carbocycles. The van der Waals surface area contributed by atoms with Gasteiger partial charge in [-0.1, -0.05) is 6.08 Å². The Balaban J connectivity index is 1.77. The third-order valence-corrected chi connectivity index (χ3v) is 3.61. The lowest BCUT2D eigenvalue weighted by Gasteiger charge is -2.18. The smallest absolute Gasteiger partial charge is 0.128 e. The molecule has 2 aliphatic heterocycles. The second-order valence-corrected chi connectivity index (χ2v) is 4.78. The highest BCUT2D eigenvalue weighted by atomic mass is 15.2. The zero-order valence-electron chi connectivity index (χ0n) is 10.2. The van der Waals surface area contributed by atoms with Crippen LogP contribution in [0.2, 0.25) is 0 Å². The first-order valence-electron chi connectivity index (χ1n) is 6.54. The Bertz CT molecular complexity index is 402. The number of aromatic nitrogens is 1. The average Bonchev–Trinajstić information content (AvgIpc) is 2.94. The molecule has 0 bridgehead atoms. The summed E-state index contributed by atoms with van der Waals surface area (Å²) in [5.74, 6) is 1.14. The highest BCUT2D eigenvalue weighted by Gasteiger charge is 2.13. The zero-order valence-corrected chi connectivity index (χ0v) is 10.2. The van der Waals surface area contributed by atoms with Gasteiger partial charge in [0, 0.05) is 25.8 Å². The van der Waals surface area contributed by atoms with Crippen LogP contribution in [0.5, 0.6) is 0 Å². The number of rotatable bonds is 2. The molecule has 0 aromatic carbocycles. The van der Waals surface area contributed by atoms with Crippen molar-refractivity contribution in [3.63, 3.8) is 0 Å². The molecule has 0 atom stereocenters. The molecule has 0 amide bonds. The molecule has 3 heteroatoms. The molecular weight excluding hydrogens is 210 g/mol. The van der Waals surface area contributed by atoms with E-state index in [1.807, 2.05) is 6.20 Å². The van der Waals surface area contributed by atoms with Crippen LogP contribution in [0.3, 0.4) is 0 Å². The fourth-order valence-electron chi connectivity index (χ4n) is 2.59. The maximum absolute atomic E-state index is 4.60. The standard InChI is InChI=1S/C14H19N3/c1-2-10-17(9-1)14-4-3-13(11-16-14)12-5-7-15-8-6-12/h3-5,11,15H,1-2,6-10H2. The molecule has 0 spiro atoms. The number of nitrogens with one attached hydrogen (secondary N) is 1. The van der Waals surface area contributed by atoms with Crippen molar-refractivity contribution in [1.29, 1.82) is 0 Å². The molecule has 1 N–H and O–H groups in total. The molecule has 0 saturated carbocycles. The van der Waals surface area contributed by atoms with Crippen molar-refractivity contribution < 1.29 is 0 Å². The Labute approximate surface area is 103 Å². The molecule has 3 nitrogen and oxygen atoms in total. The summed E-state index contributed by atoms with van der Waals surface area (Å²) in [6, 6.07) is 4.39. The van der Waals surface area contributed by atoms with Gasteiger partial charge >= 0.3 is 0 Å². The zero-order chi connectivity index (χ0) is 11.5. The third kappa shape index (κ3) is 2.34. The second kappa shape index (κ2) is 4.88. The minimum atomic E-state index is 0.989.